The minimum Gasteiger partial charge on any atom is -0.462 e. The predicted octanol–water partition coefficient (Wildman–Crippen LogP) is 21.4. The summed E-state index contributed by atoms with van der Waals surface area (Å²) in [5.74, 6) is -1.04. The molecule has 0 saturated carbocycles. The van der Waals surface area contributed by atoms with Crippen LogP contribution >= 0.6 is 0 Å². The van der Waals surface area contributed by atoms with Gasteiger partial charge in [0.05, 0.1) is 0 Å². The first kappa shape index (κ1) is 71.5. The molecule has 0 aliphatic heterocycles. The van der Waals surface area contributed by atoms with Crippen molar-refractivity contribution in [3.63, 3.8) is 0 Å². The Balaban J connectivity index is 4.54. The first-order chi connectivity index (χ1) is 37.5. The molecular weight excluding hydrogens is 937 g/mol. The van der Waals surface area contributed by atoms with Crippen molar-refractivity contribution in [3.05, 3.63) is 134 Å². The number of esters is 3. The van der Waals surface area contributed by atoms with Crippen molar-refractivity contribution in [2.45, 2.75) is 277 Å². The summed E-state index contributed by atoms with van der Waals surface area (Å²) in [6.45, 7) is 6.34. The highest BCUT2D eigenvalue weighted by Gasteiger charge is 2.19. The maximum Gasteiger partial charge on any atom is 0.306 e. The Hall–Kier alpha value is -4.45. The zero-order valence-corrected chi connectivity index (χ0v) is 49.2. The van der Waals surface area contributed by atoms with Crippen LogP contribution in [-0.4, -0.2) is 37.2 Å². The molecule has 76 heavy (non-hydrogen) atoms. The molecule has 430 valence electrons. The Labute approximate surface area is 468 Å². The van der Waals surface area contributed by atoms with Gasteiger partial charge < -0.3 is 14.2 Å². The molecule has 1 atom stereocenters. The number of unbranched alkanes of at least 4 members (excludes halogenated alkanes) is 22. The third kappa shape index (κ3) is 60.4. The molecule has 0 aliphatic carbocycles. The van der Waals surface area contributed by atoms with Gasteiger partial charge in [-0.2, -0.15) is 0 Å². The third-order valence-corrected chi connectivity index (χ3v) is 12.9. The molecule has 6 nitrogen and oxygen atoms in total. The summed E-state index contributed by atoms with van der Waals surface area (Å²) in [4.78, 5) is 38.3. The lowest BCUT2D eigenvalue weighted by Gasteiger charge is -2.18. The quantitative estimate of drug-likeness (QED) is 0.0261. The van der Waals surface area contributed by atoms with Crippen LogP contribution in [0.15, 0.2) is 134 Å². The highest BCUT2D eigenvalue weighted by atomic mass is 16.6. The van der Waals surface area contributed by atoms with Crippen molar-refractivity contribution in [3.8, 4) is 0 Å². The highest BCUT2D eigenvalue weighted by molar-refractivity contribution is 5.71. The summed E-state index contributed by atoms with van der Waals surface area (Å²) in [5, 5.41) is 0. The van der Waals surface area contributed by atoms with Gasteiger partial charge >= 0.3 is 17.9 Å². The van der Waals surface area contributed by atoms with Crippen molar-refractivity contribution in [1.82, 2.24) is 0 Å². The van der Waals surface area contributed by atoms with Crippen LogP contribution in [0.3, 0.4) is 0 Å². The molecule has 0 fully saturated rings. The topological polar surface area (TPSA) is 78.9 Å². The van der Waals surface area contributed by atoms with Crippen molar-refractivity contribution >= 4 is 17.9 Å². The number of hydrogen-bond acceptors (Lipinski definition) is 6. The second kappa shape index (κ2) is 63.1. The first-order valence-corrected chi connectivity index (χ1v) is 31.2. The van der Waals surface area contributed by atoms with Crippen molar-refractivity contribution in [1.29, 1.82) is 0 Å². The molecule has 0 spiro atoms. The van der Waals surface area contributed by atoms with E-state index in [-0.39, 0.29) is 31.6 Å². The van der Waals surface area contributed by atoms with E-state index in [1.165, 1.54) is 109 Å². The van der Waals surface area contributed by atoms with E-state index in [9.17, 15) is 14.4 Å². The smallest absolute Gasteiger partial charge is 0.306 e. The average molecular weight is 1050 g/mol. The van der Waals surface area contributed by atoms with E-state index in [1.807, 2.05) is 12.2 Å². The van der Waals surface area contributed by atoms with Gasteiger partial charge in [-0.15, -0.1) is 0 Å². The number of carbonyl (C=O) groups excluding carboxylic acids is 3. The van der Waals surface area contributed by atoms with E-state index in [4.69, 9.17) is 14.2 Å². The largest absolute Gasteiger partial charge is 0.462 e. The zero-order chi connectivity index (χ0) is 55.0. The van der Waals surface area contributed by atoms with Gasteiger partial charge in [-0.1, -0.05) is 283 Å². The van der Waals surface area contributed by atoms with Crippen molar-refractivity contribution in [2.75, 3.05) is 13.2 Å². The summed E-state index contributed by atoms with van der Waals surface area (Å²) < 4.78 is 16.8. The average Bonchev–Trinajstić information content (AvgIpc) is 3.42. The summed E-state index contributed by atoms with van der Waals surface area (Å²) in [6.07, 6.45) is 88.9. The minimum absolute atomic E-state index is 0.121. The lowest BCUT2D eigenvalue weighted by Crippen LogP contribution is -2.30. The van der Waals surface area contributed by atoms with Gasteiger partial charge in [0.15, 0.2) is 6.10 Å². The van der Waals surface area contributed by atoms with Crippen LogP contribution in [0.1, 0.15) is 271 Å². The second-order valence-electron chi connectivity index (χ2n) is 20.2. The number of ether oxygens (including phenoxy) is 3. The maximum absolute atomic E-state index is 12.9. The minimum atomic E-state index is -0.837. The molecule has 0 aliphatic rings. The van der Waals surface area contributed by atoms with Gasteiger partial charge in [-0.25, -0.2) is 0 Å². The number of carbonyl (C=O) groups is 3. The Bertz CT molecular complexity index is 1630. The standard InChI is InChI=1S/C70H114O6/c1-4-7-10-13-16-19-22-25-28-31-34-37-39-42-45-48-51-54-57-60-63-69(72)75-66-67(76-70(73)64-61-58-55-52-49-46-43-40-36-33-30-27-24-21-18-15-12-9-6-3)65-74-68(71)62-59-56-53-50-47-44-41-38-35-32-29-26-23-20-17-14-11-8-5-2/h8-9,11-12,17-18,20-21,26-27,29-30,35-36,38,40,44,46-47,49,55,58,67H,4-7,10,13-16,19,22-25,28,31-34,37,39,41-43,45,48,50-54,56-57,59-66H2,1-3H3/b11-8-,12-9-,20-17-,21-18-,29-26-,30-27-,38-35-,40-36-,47-44-,49-46-,58-55-. The summed E-state index contributed by atoms with van der Waals surface area (Å²) in [6, 6.07) is 0. The van der Waals surface area contributed by atoms with Crippen LogP contribution < -0.4 is 0 Å². The van der Waals surface area contributed by atoms with Gasteiger partial charge in [0, 0.05) is 19.3 Å². The van der Waals surface area contributed by atoms with Gasteiger partial charge in [-0.3, -0.25) is 14.4 Å². The molecule has 0 aromatic carbocycles. The fourth-order valence-electron chi connectivity index (χ4n) is 8.32. The number of hydrogen-bond donors (Lipinski definition) is 0. The van der Waals surface area contributed by atoms with Gasteiger partial charge in [0.1, 0.15) is 13.2 Å². The molecule has 0 aromatic rings. The SMILES string of the molecule is CC/C=C\C/C=C\C/C=C\C/C=C\C/C=C\C/C=C\CCC(=O)OC(COC(=O)CCCCC/C=C\C/C=C\C/C=C\C/C=C\C/C=C\CC)COC(=O)CCCCCCCCCCCCCCCCCCCCCC. The first-order valence-electron chi connectivity index (χ1n) is 31.2. The van der Waals surface area contributed by atoms with Gasteiger partial charge in [-0.05, 0) is 103 Å². The molecule has 1 unspecified atom stereocenters. The summed E-state index contributed by atoms with van der Waals surface area (Å²) >= 11 is 0. The van der Waals surface area contributed by atoms with Gasteiger partial charge in [0.25, 0.3) is 0 Å². The van der Waals surface area contributed by atoms with E-state index in [0.29, 0.717) is 19.3 Å². The Morgan fingerprint density at radius 2 is 0.539 bits per heavy atom. The molecule has 0 bridgehead atoms. The van der Waals surface area contributed by atoms with Crippen molar-refractivity contribution < 1.29 is 28.6 Å². The monoisotopic (exact) mass is 1050 g/mol. The Morgan fingerprint density at radius 3 is 0.855 bits per heavy atom. The van der Waals surface area contributed by atoms with E-state index >= 15 is 0 Å². The zero-order valence-electron chi connectivity index (χ0n) is 49.2. The fraction of sp³-hybridized carbons (Fsp3) is 0.643. The maximum atomic E-state index is 12.9. The predicted molar refractivity (Wildman–Crippen MR) is 329 cm³/mol. The van der Waals surface area contributed by atoms with E-state index < -0.39 is 12.1 Å². The van der Waals surface area contributed by atoms with Crippen LogP contribution in [0.2, 0.25) is 0 Å². The van der Waals surface area contributed by atoms with Crippen LogP contribution in [-0.2, 0) is 28.6 Å². The lowest BCUT2D eigenvalue weighted by molar-refractivity contribution is -0.166. The molecule has 0 heterocycles. The van der Waals surface area contributed by atoms with Crippen LogP contribution in [0.25, 0.3) is 0 Å². The molecule has 6 heteroatoms. The van der Waals surface area contributed by atoms with Crippen LogP contribution in [0, 0.1) is 0 Å². The number of allylic oxidation sites excluding steroid dienone is 22. The normalized spacial score (nSPS) is 13.0. The van der Waals surface area contributed by atoms with Crippen molar-refractivity contribution in [2.24, 2.45) is 0 Å². The van der Waals surface area contributed by atoms with E-state index in [0.717, 1.165) is 116 Å². The van der Waals surface area contributed by atoms with E-state index in [2.05, 4.69) is 142 Å². The molecule has 0 saturated heterocycles. The summed E-state index contributed by atoms with van der Waals surface area (Å²) in [7, 11) is 0. The van der Waals surface area contributed by atoms with Gasteiger partial charge in [0.2, 0.25) is 0 Å². The van der Waals surface area contributed by atoms with Crippen LogP contribution in [0.5, 0.6) is 0 Å². The molecule has 0 radical (unpaired) electrons. The molecular formula is C70H114O6. The summed E-state index contributed by atoms with van der Waals surface area (Å²) in [5.41, 5.74) is 0. The molecule has 0 N–H and O–H groups in total. The van der Waals surface area contributed by atoms with E-state index in [1.54, 1.807) is 0 Å². The van der Waals surface area contributed by atoms with Crippen LogP contribution in [0.4, 0.5) is 0 Å². The molecule has 0 rings (SSSR count). The second-order valence-corrected chi connectivity index (χ2v) is 20.2. The highest BCUT2D eigenvalue weighted by Crippen LogP contribution is 2.16. The molecule has 0 amide bonds. The lowest BCUT2D eigenvalue weighted by atomic mass is 10.0. The Morgan fingerprint density at radius 1 is 0.276 bits per heavy atom. The Kier molecular flexibility index (Phi) is 59.4. The third-order valence-electron chi connectivity index (χ3n) is 12.9. The molecule has 0 aromatic heterocycles. The fourth-order valence-corrected chi connectivity index (χ4v) is 8.32. The number of rotatable bonds is 55.